The van der Waals surface area contributed by atoms with E-state index in [-0.39, 0.29) is 17.2 Å². The van der Waals surface area contributed by atoms with Crippen molar-refractivity contribution in [1.29, 1.82) is 0 Å². The van der Waals surface area contributed by atoms with E-state index in [0.717, 1.165) is 4.48 Å². The number of hydrogen-bond donors (Lipinski definition) is 1. The highest BCUT2D eigenvalue weighted by atomic mass is 79.9. The second kappa shape index (κ2) is 4.32. The van der Waals surface area contributed by atoms with Crippen molar-refractivity contribution in [1.82, 2.24) is 0 Å². The summed E-state index contributed by atoms with van der Waals surface area (Å²) in [5, 5.41) is 9.81. The summed E-state index contributed by atoms with van der Waals surface area (Å²) in [4.78, 5) is 0. The van der Waals surface area contributed by atoms with E-state index in [0.29, 0.717) is 6.42 Å². The molecule has 0 fully saturated rings. The van der Waals surface area contributed by atoms with E-state index in [1.165, 1.54) is 0 Å². The normalized spacial score (nSPS) is 28.1. The minimum absolute atomic E-state index is 0.0790. The van der Waals surface area contributed by atoms with Gasteiger partial charge in [0.15, 0.2) is 8.32 Å². The quantitative estimate of drug-likeness (QED) is 0.791. The molecule has 0 heterocycles. The average molecular weight is 293 g/mol. The van der Waals surface area contributed by atoms with Gasteiger partial charge in [0, 0.05) is 10.9 Å². The van der Waals surface area contributed by atoms with Gasteiger partial charge in [-0.2, -0.15) is 0 Å². The number of halogens is 1. The predicted molar refractivity (Wildman–Crippen MR) is 69.7 cm³/mol. The summed E-state index contributed by atoms with van der Waals surface area (Å²) in [7, 11) is -1.71. The van der Waals surface area contributed by atoms with Crippen molar-refractivity contribution >= 4 is 24.2 Å². The molecule has 1 rings (SSSR count). The number of aliphatic hydroxyl groups excluding tert-OH is 1. The highest BCUT2D eigenvalue weighted by molar-refractivity contribution is 9.11. The molecule has 0 aromatic carbocycles. The molecular weight excluding hydrogens is 272 g/mol. The first-order chi connectivity index (χ1) is 6.63. The van der Waals surface area contributed by atoms with E-state index in [1.54, 1.807) is 0 Å². The van der Waals surface area contributed by atoms with Crippen LogP contribution in [-0.2, 0) is 4.43 Å². The molecule has 0 saturated heterocycles. The largest absolute Gasteiger partial charge is 0.410 e. The Bertz CT molecular complexity index is 268. The highest BCUT2D eigenvalue weighted by Gasteiger charge is 2.40. The summed E-state index contributed by atoms with van der Waals surface area (Å²) in [6.45, 7) is 11.1. The number of rotatable bonds is 2. The van der Waals surface area contributed by atoms with Crippen molar-refractivity contribution in [3.63, 3.8) is 0 Å². The predicted octanol–water partition coefficient (Wildman–Crippen LogP) is 3.42. The summed E-state index contributed by atoms with van der Waals surface area (Å²) >= 11 is 3.35. The molecule has 0 aromatic rings. The van der Waals surface area contributed by atoms with Crippen LogP contribution in [-0.4, -0.2) is 25.6 Å². The molecule has 1 N–H and O–H groups in total. The Kier molecular flexibility index (Phi) is 3.86. The zero-order valence-corrected chi connectivity index (χ0v) is 12.8. The molecule has 0 spiro atoms. The average Bonchev–Trinajstić information content (AvgIpc) is 2.27. The first-order valence-corrected chi connectivity index (χ1v) is 9.07. The number of hydrogen-bond acceptors (Lipinski definition) is 2. The standard InChI is InChI=1S/C11H21BrO2Si/c1-11(2,3)15(4,5)14-8-6-9(12)10(13)7-8/h6,8,10,13H,7H2,1-5H3/t8-,10-/m0/s1. The van der Waals surface area contributed by atoms with Gasteiger partial charge < -0.3 is 9.53 Å². The van der Waals surface area contributed by atoms with Gasteiger partial charge in [0.25, 0.3) is 0 Å². The van der Waals surface area contributed by atoms with Gasteiger partial charge >= 0.3 is 0 Å². The zero-order valence-electron chi connectivity index (χ0n) is 10.2. The second-order valence-corrected chi connectivity index (χ2v) is 11.4. The molecular formula is C11H21BrO2Si. The van der Waals surface area contributed by atoms with Crippen LogP contribution in [0.1, 0.15) is 27.2 Å². The van der Waals surface area contributed by atoms with Crippen molar-refractivity contribution in [2.45, 2.75) is 57.5 Å². The minimum atomic E-state index is -1.71. The molecule has 0 aliphatic heterocycles. The number of aliphatic hydroxyl groups is 1. The molecule has 88 valence electrons. The van der Waals surface area contributed by atoms with Gasteiger partial charge in [-0.05, 0) is 24.2 Å². The van der Waals surface area contributed by atoms with Gasteiger partial charge in [0.2, 0.25) is 0 Å². The molecule has 4 heteroatoms. The van der Waals surface area contributed by atoms with Crippen LogP contribution in [0.2, 0.25) is 18.1 Å². The molecule has 0 saturated carbocycles. The fourth-order valence-corrected chi connectivity index (χ4v) is 3.08. The Morgan fingerprint density at radius 3 is 2.33 bits per heavy atom. The van der Waals surface area contributed by atoms with Gasteiger partial charge in [-0.15, -0.1) is 0 Å². The molecule has 0 unspecified atom stereocenters. The smallest absolute Gasteiger partial charge is 0.192 e. The summed E-state index contributed by atoms with van der Waals surface area (Å²) in [5.74, 6) is 0. The summed E-state index contributed by atoms with van der Waals surface area (Å²) in [6.07, 6.45) is 2.38. The third-order valence-electron chi connectivity index (χ3n) is 3.37. The molecule has 0 radical (unpaired) electrons. The molecule has 0 aromatic heterocycles. The van der Waals surface area contributed by atoms with E-state index >= 15 is 0 Å². The maximum Gasteiger partial charge on any atom is 0.192 e. The topological polar surface area (TPSA) is 29.5 Å². The summed E-state index contributed by atoms with van der Waals surface area (Å²) in [5.41, 5.74) is 0. The Balaban J connectivity index is 2.65. The SMILES string of the molecule is CC(C)(C)[Si](C)(C)O[C@H]1C=C(Br)[C@@H](O)C1. The van der Waals surface area contributed by atoms with Gasteiger partial charge in [-0.25, -0.2) is 0 Å². The van der Waals surface area contributed by atoms with Crippen LogP contribution in [0.4, 0.5) is 0 Å². The summed E-state index contributed by atoms with van der Waals surface area (Å²) < 4.78 is 7.04. The Hall–Kier alpha value is 0.357. The Labute approximate surface area is 102 Å². The van der Waals surface area contributed by atoms with E-state index in [4.69, 9.17) is 4.43 Å². The van der Waals surface area contributed by atoms with E-state index in [2.05, 4.69) is 49.8 Å². The molecule has 0 bridgehead atoms. The summed E-state index contributed by atoms with van der Waals surface area (Å²) in [6, 6.07) is 0. The third kappa shape index (κ3) is 3.16. The van der Waals surface area contributed by atoms with E-state index < -0.39 is 8.32 Å². The molecule has 15 heavy (non-hydrogen) atoms. The first-order valence-electron chi connectivity index (χ1n) is 5.36. The van der Waals surface area contributed by atoms with Gasteiger partial charge in [-0.3, -0.25) is 0 Å². The van der Waals surface area contributed by atoms with Crippen LogP contribution in [0.3, 0.4) is 0 Å². The lowest BCUT2D eigenvalue weighted by Crippen LogP contribution is -2.43. The lowest BCUT2D eigenvalue weighted by molar-refractivity contribution is 0.154. The maximum absolute atomic E-state index is 9.59. The lowest BCUT2D eigenvalue weighted by atomic mass is 10.2. The monoisotopic (exact) mass is 292 g/mol. The van der Waals surface area contributed by atoms with Crippen LogP contribution in [0.25, 0.3) is 0 Å². The molecule has 0 amide bonds. The molecule has 2 nitrogen and oxygen atoms in total. The van der Waals surface area contributed by atoms with Gasteiger partial charge in [0.1, 0.15) is 0 Å². The van der Waals surface area contributed by atoms with Crippen molar-refractivity contribution in [2.24, 2.45) is 0 Å². The highest BCUT2D eigenvalue weighted by Crippen LogP contribution is 2.39. The van der Waals surface area contributed by atoms with Gasteiger partial charge in [-0.1, -0.05) is 36.7 Å². The zero-order chi connectivity index (χ0) is 11.9. The van der Waals surface area contributed by atoms with Crippen LogP contribution < -0.4 is 0 Å². The van der Waals surface area contributed by atoms with Crippen molar-refractivity contribution < 1.29 is 9.53 Å². The lowest BCUT2D eigenvalue weighted by Gasteiger charge is -2.38. The molecule has 2 atom stereocenters. The fourth-order valence-electron chi connectivity index (χ4n) is 1.33. The third-order valence-corrected chi connectivity index (χ3v) is 8.67. The van der Waals surface area contributed by atoms with Crippen LogP contribution in [0.5, 0.6) is 0 Å². The van der Waals surface area contributed by atoms with Crippen molar-refractivity contribution in [3.8, 4) is 0 Å². The van der Waals surface area contributed by atoms with Crippen LogP contribution in [0.15, 0.2) is 10.6 Å². The Morgan fingerprint density at radius 2 is 2.00 bits per heavy atom. The molecule has 1 aliphatic rings. The van der Waals surface area contributed by atoms with Crippen LogP contribution >= 0.6 is 15.9 Å². The maximum atomic E-state index is 9.59. The van der Waals surface area contributed by atoms with Crippen molar-refractivity contribution in [3.05, 3.63) is 10.6 Å². The van der Waals surface area contributed by atoms with Gasteiger partial charge in [0.05, 0.1) is 12.2 Å². The van der Waals surface area contributed by atoms with E-state index in [1.807, 2.05) is 6.08 Å². The van der Waals surface area contributed by atoms with Crippen molar-refractivity contribution in [2.75, 3.05) is 0 Å². The second-order valence-electron chi connectivity index (χ2n) is 5.72. The minimum Gasteiger partial charge on any atom is -0.410 e. The Morgan fingerprint density at radius 1 is 1.47 bits per heavy atom. The van der Waals surface area contributed by atoms with Crippen LogP contribution in [0, 0.1) is 0 Å². The van der Waals surface area contributed by atoms with E-state index in [9.17, 15) is 5.11 Å². The first kappa shape index (κ1) is 13.4. The fraction of sp³-hybridized carbons (Fsp3) is 0.818. The molecule has 1 aliphatic carbocycles.